The van der Waals surface area contributed by atoms with E-state index in [-0.39, 0.29) is 5.41 Å². The van der Waals surface area contributed by atoms with Gasteiger partial charge in [0.15, 0.2) is 0 Å². The van der Waals surface area contributed by atoms with Gasteiger partial charge in [-0.2, -0.15) is 26.3 Å². The molecule has 2 aromatic rings. The summed E-state index contributed by atoms with van der Waals surface area (Å²) >= 11 is 0. The van der Waals surface area contributed by atoms with Crippen LogP contribution in [0.5, 0.6) is 0 Å². The monoisotopic (exact) mass is 564 g/mol. The number of likely N-dealkylation sites (tertiary alicyclic amines) is 2. The number of hydrogen-bond acceptors (Lipinski definition) is 6. The van der Waals surface area contributed by atoms with Gasteiger partial charge in [-0.1, -0.05) is 12.1 Å². The molecule has 0 aliphatic carbocycles. The van der Waals surface area contributed by atoms with Crippen molar-refractivity contribution in [2.75, 3.05) is 19.6 Å². The molecule has 0 atom stereocenters. The van der Waals surface area contributed by atoms with Gasteiger partial charge in [-0.05, 0) is 56.6 Å². The summed E-state index contributed by atoms with van der Waals surface area (Å²) in [5.74, 6) is -5.18. The third-order valence-electron chi connectivity index (χ3n) is 6.09. The van der Waals surface area contributed by atoms with E-state index in [9.17, 15) is 31.1 Å². The van der Waals surface area contributed by atoms with E-state index in [1.54, 1.807) is 6.20 Å². The van der Waals surface area contributed by atoms with Crippen LogP contribution in [0.1, 0.15) is 30.7 Å². The average molecular weight is 564 g/mol. The number of amides is 1. The first-order chi connectivity index (χ1) is 18.1. The van der Waals surface area contributed by atoms with E-state index in [2.05, 4.69) is 20.9 Å². The lowest BCUT2D eigenvalue weighted by Gasteiger charge is -2.37. The number of alkyl halides is 6. The standard InChI is InChI=1S/C20H24N4O.2C2HF3O2/c25-19-20(9-14-24(19)16-18-6-2-4-11-22-18)7-12-23(13-8-20)15-17-5-1-3-10-21-17;2*3-2(4,5)1(6)7/h1-6,10-11H,7-9,12-16H2;2*(H,6,7). The zero-order chi connectivity index (χ0) is 29.3. The number of halogens is 6. The first-order valence-corrected chi connectivity index (χ1v) is 11.6. The third kappa shape index (κ3) is 9.81. The number of aliphatic carboxylic acids is 2. The molecular weight excluding hydrogens is 538 g/mol. The summed E-state index contributed by atoms with van der Waals surface area (Å²) in [7, 11) is 0. The second kappa shape index (κ2) is 13.4. The van der Waals surface area contributed by atoms with E-state index in [0.717, 1.165) is 56.8 Å². The van der Waals surface area contributed by atoms with Gasteiger partial charge in [0.05, 0.1) is 23.3 Å². The number of pyridine rings is 2. The molecule has 0 saturated carbocycles. The average Bonchev–Trinajstić information content (AvgIpc) is 3.16. The van der Waals surface area contributed by atoms with Crippen molar-refractivity contribution >= 4 is 17.8 Å². The fourth-order valence-electron chi connectivity index (χ4n) is 4.05. The molecule has 2 saturated heterocycles. The van der Waals surface area contributed by atoms with E-state index in [0.29, 0.717) is 12.5 Å². The summed E-state index contributed by atoms with van der Waals surface area (Å²) in [6.45, 7) is 4.32. The number of rotatable bonds is 4. The Morgan fingerprint density at radius 2 is 1.18 bits per heavy atom. The van der Waals surface area contributed by atoms with Crippen molar-refractivity contribution in [3.63, 3.8) is 0 Å². The Kier molecular flexibility index (Phi) is 10.8. The Morgan fingerprint density at radius 1 is 0.769 bits per heavy atom. The predicted octanol–water partition coefficient (Wildman–Crippen LogP) is 3.76. The summed E-state index contributed by atoms with van der Waals surface area (Å²) in [6, 6.07) is 11.9. The van der Waals surface area contributed by atoms with Crippen LogP contribution in [0.4, 0.5) is 26.3 Å². The van der Waals surface area contributed by atoms with Crippen LogP contribution < -0.4 is 0 Å². The topological polar surface area (TPSA) is 124 Å². The fraction of sp³-hybridized carbons (Fsp3) is 0.458. The molecule has 214 valence electrons. The Hall–Kier alpha value is -3.75. The summed E-state index contributed by atoms with van der Waals surface area (Å²) in [5, 5.41) is 14.2. The molecule has 4 heterocycles. The van der Waals surface area contributed by atoms with Crippen molar-refractivity contribution in [2.45, 2.75) is 44.7 Å². The highest BCUT2D eigenvalue weighted by Crippen LogP contribution is 2.42. The van der Waals surface area contributed by atoms with Crippen molar-refractivity contribution in [2.24, 2.45) is 5.41 Å². The van der Waals surface area contributed by atoms with E-state index in [1.165, 1.54) is 0 Å². The van der Waals surface area contributed by atoms with Crippen molar-refractivity contribution in [1.82, 2.24) is 19.8 Å². The molecule has 2 aliphatic rings. The molecule has 2 N–H and O–H groups in total. The van der Waals surface area contributed by atoms with Gasteiger partial charge in [0.25, 0.3) is 0 Å². The molecular formula is C24H26F6N4O5. The van der Waals surface area contributed by atoms with Crippen LogP contribution in [0, 0.1) is 5.41 Å². The van der Waals surface area contributed by atoms with Crippen molar-refractivity contribution in [1.29, 1.82) is 0 Å². The minimum absolute atomic E-state index is 0.143. The molecule has 0 unspecified atom stereocenters. The lowest BCUT2D eigenvalue weighted by Crippen LogP contribution is -2.44. The number of nitrogens with zero attached hydrogens (tertiary/aromatic N) is 4. The highest BCUT2D eigenvalue weighted by atomic mass is 19.4. The van der Waals surface area contributed by atoms with E-state index in [4.69, 9.17) is 19.8 Å². The zero-order valence-corrected chi connectivity index (χ0v) is 20.5. The maximum absolute atomic E-state index is 13.0. The summed E-state index contributed by atoms with van der Waals surface area (Å²) in [6.07, 6.45) is -3.64. The Balaban J connectivity index is 0.000000317. The number of carboxylic acids is 2. The van der Waals surface area contributed by atoms with E-state index >= 15 is 0 Å². The molecule has 2 aliphatic heterocycles. The smallest absolute Gasteiger partial charge is 0.475 e. The second-order valence-electron chi connectivity index (χ2n) is 8.78. The van der Waals surface area contributed by atoms with Crippen molar-refractivity contribution < 1.29 is 50.9 Å². The minimum Gasteiger partial charge on any atom is -0.475 e. The molecule has 1 amide bonds. The highest BCUT2D eigenvalue weighted by molar-refractivity contribution is 5.85. The van der Waals surface area contributed by atoms with Gasteiger partial charge in [-0.3, -0.25) is 19.7 Å². The van der Waals surface area contributed by atoms with Crippen LogP contribution in [0.25, 0.3) is 0 Å². The first-order valence-electron chi connectivity index (χ1n) is 11.6. The number of carbonyl (C=O) groups is 3. The molecule has 15 heteroatoms. The highest BCUT2D eigenvalue weighted by Gasteiger charge is 2.48. The van der Waals surface area contributed by atoms with E-state index < -0.39 is 24.3 Å². The van der Waals surface area contributed by atoms with Gasteiger partial charge in [0, 0.05) is 25.5 Å². The molecule has 0 bridgehead atoms. The van der Waals surface area contributed by atoms with Gasteiger partial charge in [0.2, 0.25) is 5.91 Å². The lowest BCUT2D eigenvalue weighted by atomic mass is 9.77. The van der Waals surface area contributed by atoms with Crippen LogP contribution in [-0.4, -0.2) is 79.8 Å². The number of carbonyl (C=O) groups excluding carboxylic acids is 1. The molecule has 2 fully saturated rings. The fourth-order valence-corrected chi connectivity index (χ4v) is 4.05. The summed E-state index contributed by atoms with van der Waals surface area (Å²) in [4.78, 5) is 44.0. The molecule has 1 spiro atoms. The van der Waals surface area contributed by atoms with Gasteiger partial charge < -0.3 is 15.1 Å². The number of piperidine rings is 1. The van der Waals surface area contributed by atoms with Crippen LogP contribution >= 0.6 is 0 Å². The van der Waals surface area contributed by atoms with Gasteiger partial charge in [-0.15, -0.1) is 0 Å². The molecule has 0 aromatic carbocycles. The molecule has 0 radical (unpaired) electrons. The number of hydrogen-bond donors (Lipinski definition) is 2. The van der Waals surface area contributed by atoms with Crippen LogP contribution in [0.15, 0.2) is 48.8 Å². The zero-order valence-electron chi connectivity index (χ0n) is 20.5. The van der Waals surface area contributed by atoms with Crippen LogP contribution in [0.3, 0.4) is 0 Å². The number of carboxylic acid groups (broad SMARTS) is 2. The van der Waals surface area contributed by atoms with Crippen LogP contribution in [-0.2, 0) is 27.5 Å². The molecule has 9 nitrogen and oxygen atoms in total. The number of aromatic nitrogens is 2. The largest absolute Gasteiger partial charge is 0.490 e. The Labute approximate surface area is 219 Å². The van der Waals surface area contributed by atoms with Gasteiger partial charge in [-0.25, -0.2) is 9.59 Å². The van der Waals surface area contributed by atoms with Gasteiger partial charge >= 0.3 is 24.3 Å². The van der Waals surface area contributed by atoms with Gasteiger partial charge in [0.1, 0.15) is 0 Å². The molecule has 4 rings (SSSR count). The summed E-state index contributed by atoms with van der Waals surface area (Å²) in [5.41, 5.74) is 1.93. The quantitative estimate of drug-likeness (QED) is 0.539. The minimum atomic E-state index is -5.08. The third-order valence-corrected chi connectivity index (χ3v) is 6.09. The Morgan fingerprint density at radius 3 is 1.56 bits per heavy atom. The lowest BCUT2D eigenvalue weighted by molar-refractivity contribution is -0.193. The van der Waals surface area contributed by atoms with Crippen LogP contribution in [0.2, 0.25) is 0 Å². The normalized spacial score (nSPS) is 17.1. The molecule has 39 heavy (non-hydrogen) atoms. The SMILES string of the molecule is O=C(O)C(F)(F)F.O=C(O)C(F)(F)F.O=C1N(Cc2ccccn2)CCC12CCN(Cc1ccccn1)CC2. The maximum atomic E-state index is 13.0. The predicted molar refractivity (Wildman–Crippen MR) is 123 cm³/mol. The van der Waals surface area contributed by atoms with E-state index in [1.807, 2.05) is 41.4 Å². The first kappa shape index (κ1) is 31.5. The summed E-state index contributed by atoms with van der Waals surface area (Å²) < 4.78 is 63.5. The van der Waals surface area contributed by atoms with Crippen molar-refractivity contribution in [3.05, 3.63) is 60.2 Å². The Bertz CT molecular complexity index is 1070. The second-order valence-corrected chi connectivity index (χ2v) is 8.78. The molecule has 2 aromatic heterocycles. The van der Waals surface area contributed by atoms with Crippen molar-refractivity contribution in [3.8, 4) is 0 Å². The maximum Gasteiger partial charge on any atom is 0.490 e.